The van der Waals surface area contributed by atoms with Gasteiger partial charge in [-0.05, 0) is 37.6 Å². The quantitative estimate of drug-likeness (QED) is 0.625. The third kappa shape index (κ3) is 4.21. The van der Waals surface area contributed by atoms with Crippen LogP contribution in [0.25, 0.3) is 5.57 Å². The normalized spacial score (nSPS) is 17.5. The average Bonchev–Trinajstić information content (AvgIpc) is 3.15. The van der Waals surface area contributed by atoms with E-state index in [-0.39, 0.29) is 16.8 Å². The smallest absolute Gasteiger partial charge is 0.175 e. The van der Waals surface area contributed by atoms with Crippen LogP contribution in [0.1, 0.15) is 25.0 Å². The Morgan fingerprint density at radius 3 is 2.64 bits per heavy atom. The van der Waals surface area contributed by atoms with Crippen LogP contribution >= 0.6 is 0 Å². The zero-order valence-corrected chi connectivity index (χ0v) is 19.6. The highest BCUT2D eigenvalue weighted by Gasteiger charge is 2.33. The standard InChI is InChI=1S/C23H25N5O4S/c1-13(24)23(14(2)29)17-10-18-19(11-20(17)32-3)28-21(26-27-22(28)12-25-18)9-15-6-5-7-16(8-15)33(4,30)31/h5-8,10-12,21,26H,9,24H2,1-4H3. The number of fused-ring (bicyclic) bond motifs is 3. The third-order valence-corrected chi connectivity index (χ3v) is 6.64. The molecule has 0 spiro atoms. The first-order valence-electron chi connectivity index (χ1n) is 10.3. The Bertz CT molecular complexity index is 1340. The Labute approximate surface area is 192 Å². The lowest BCUT2D eigenvalue weighted by Gasteiger charge is -2.30. The van der Waals surface area contributed by atoms with E-state index in [2.05, 4.69) is 15.5 Å². The number of ether oxygens (including phenoxy) is 1. The first-order chi connectivity index (χ1) is 15.6. The molecule has 172 valence electrons. The predicted octanol–water partition coefficient (Wildman–Crippen LogP) is 2.39. The number of hydrogen-bond acceptors (Lipinski definition) is 9. The van der Waals surface area contributed by atoms with Crippen molar-refractivity contribution in [1.29, 1.82) is 0 Å². The number of carbonyl (C=O) groups is 1. The molecule has 0 saturated heterocycles. The van der Waals surface area contributed by atoms with E-state index in [9.17, 15) is 13.2 Å². The molecule has 2 aliphatic rings. The van der Waals surface area contributed by atoms with Gasteiger partial charge in [0.25, 0.3) is 0 Å². The second kappa shape index (κ2) is 8.36. The van der Waals surface area contributed by atoms with Gasteiger partial charge in [0.15, 0.2) is 21.5 Å². The molecular formula is C23H25N5O4S. The number of Topliss-reactive ketones (excluding diaryl/α,β-unsaturated/α-hetero) is 1. The number of rotatable bonds is 6. The van der Waals surface area contributed by atoms with E-state index in [1.807, 2.05) is 17.0 Å². The minimum atomic E-state index is -3.31. The number of benzene rings is 2. The largest absolute Gasteiger partial charge is 0.496 e. The van der Waals surface area contributed by atoms with Crippen molar-refractivity contribution in [2.45, 2.75) is 31.3 Å². The van der Waals surface area contributed by atoms with E-state index >= 15 is 0 Å². The Morgan fingerprint density at radius 2 is 2.00 bits per heavy atom. The number of ketones is 1. The fourth-order valence-corrected chi connectivity index (χ4v) is 4.77. The van der Waals surface area contributed by atoms with Crippen LogP contribution in [0.2, 0.25) is 0 Å². The van der Waals surface area contributed by atoms with Gasteiger partial charge in [0.2, 0.25) is 0 Å². The topological polar surface area (TPSA) is 126 Å². The molecule has 0 fully saturated rings. The summed E-state index contributed by atoms with van der Waals surface area (Å²) in [7, 11) is -1.78. The SMILES string of the molecule is COc1cc2c(cc1C(C(C)=O)=C(C)N)N=CC1=NNC(Cc3cccc(S(C)(=O)=O)c3)N12. The molecule has 1 atom stereocenters. The predicted molar refractivity (Wildman–Crippen MR) is 129 cm³/mol. The molecule has 2 aromatic rings. The molecule has 2 heterocycles. The van der Waals surface area contributed by atoms with Gasteiger partial charge >= 0.3 is 0 Å². The van der Waals surface area contributed by atoms with E-state index in [0.29, 0.717) is 40.5 Å². The van der Waals surface area contributed by atoms with Gasteiger partial charge in [-0.15, -0.1) is 0 Å². The third-order valence-electron chi connectivity index (χ3n) is 5.53. The summed E-state index contributed by atoms with van der Waals surface area (Å²) >= 11 is 0. The molecule has 2 aromatic carbocycles. The van der Waals surface area contributed by atoms with E-state index in [1.165, 1.54) is 20.3 Å². The molecule has 0 aliphatic carbocycles. The minimum absolute atomic E-state index is 0.165. The van der Waals surface area contributed by atoms with Crippen LogP contribution in [-0.2, 0) is 21.1 Å². The summed E-state index contributed by atoms with van der Waals surface area (Å²) in [6.45, 7) is 3.14. The summed E-state index contributed by atoms with van der Waals surface area (Å²) in [6, 6.07) is 10.5. The summed E-state index contributed by atoms with van der Waals surface area (Å²) in [6.07, 6.45) is 3.06. The van der Waals surface area contributed by atoms with Crippen molar-refractivity contribution >= 4 is 44.6 Å². The van der Waals surface area contributed by atoms with E-state index in [0.717, 1.165) is 11.3 Å². The average molecular weight is 468 g/mol. The molecular weight excluding hydrogens is 442 g/mol. The summed E-state index contributed by atoms with van der Waals surface area (Å²) in [4.78, 5) is 19.0. The molecule has 4 rings (SSSR count). The van der Waals surface area contributed by atoms with E-state index in [1.54, 1.807) is 37.4 Å². The van der Waals surface area contributed by atoms with Crippen LogP contribution in [-0.4, -0.2) is 45.8 Å². The fourth-order valence-electron chi connectivity index (χ4n) is 4.08. The molecule has 0 saturated carbocycles. The van der Waals surface area contributed by atoms with Crippen molar-refractivity contribution in [2.75, 3.05) is 18.3 Å². The number of amidine groups is 1. The monoisotopic (exact) mass is 467 g/mol. The lowest BCUT2D eigenvalue weighted by atomic mass is 9.97. The molecule has 10 heteroatoms. The number of methoxy groups -OCH3 is 1. The van der Waals surface area contributed by atoms with Crippen molar-refractivity contribution in [3.05, 3.63) is 53.2 Å². The van der Waals surface area contributed by atoms with Gasteiger partial charge in [-0.1, -0.05) is 12.1 Å². The number of sulfone groups is 1. The Kier molecular flexibility index (Phi) is 5.71. The molecule has 33 heavy (non-hydrogen) atoms. The number of nitrogens with one attached hydrogen (secondary N) is 1. The van der Waals surface area contributed by atoms with Gasteiger partial charge < -0.3 is 10.5 Å². The molecule has 0 aromatic heterocycles. The number of nitrogens with two attached hydrogens (primary N) is 1. The molecule has 1 unspecified atom stereocenters. The maximum absolute atomic E-state index is 12.2. The molecule has 3 N–H and O–H groups in total. The van der Waals surface area contributed by atoms with Gasteiger partial charge in [-0.2, -0.15) is 5.10 Å². The van der Waals surface area contributed by atoms with Crippen LogP contribution < -0.4 is 20.8 Å². The molecule has 0 bridgehead atoms. The van der Waals surface area contributed by atoms with Crippen molar-refractivity contribution in [3.8, 4) is 5.75 Å². The van der Waals surface area contributed by atoms with Crippen molar-refractivity contribution in [3.63, 3.8) is 0 Å². The maximum Gasteiger partial charge on any atom is 0.175 e. The second-order valence-electron chi connectivity index (χ2n) is 8.02. The Morgan fingerprint density at radius 1 is 1.24 bits per heavy atom. The molecule has 9 nitrogen and oxygen atoms in total. The van der Waals surface area contributed by atoms with E-state index < -0.39 is 9.84 Å². The van der Waals surface area contributed by atoms with Gasteiger partial charge in [-0.25, -0.2) is 8.42 Å². The number of hydrazone groups is 1. The molecule has 2 aliphatic heterocycles. The minimum Gasteiger partial charge on any atom is -0.496 e. The summed E-state index contributed by atoms with van der Waals surface area (Å²) in [5, 5.41) is 4.38. The van der Waals surface area contributed by atoms with Crippen LogP contribution in [0, 0.1) is 0 Å². The van der Waals surface area contributed by atoms with Crippen molar-refractivity contribution in [2.24, 2.45) is 15.8 Å². The summed E-state index contributed by atoms with van der Waals surface area (Å²) in [5.41, 5.74) is 12.7. The number of aliphatic imine (C=N–C) groups is 1. The van der Waals surface area contributed by atoms with Gasteiger partial charge in [0.05, 0.1) is 29.6 Å². The number of allylic oxidation sites excluding steroid dienone is 2. The van der Waals surface area contributed by atoms with E-state index in [4.69, 9.17) is 10.5 Å². The van der Waals surface area contributed by atoms with Gasteiger partial charge in [0, 0.05) is 35.6 Å². The van der Waals surface area contributed by atoms with Crippen LogP contribution in [0.4, 0.5) is 11.4 Å². The highest BCUT2D eigenvalue weighted by molar-refractivity contribution is 7.90. The van der Waals surface area contributed by atoms with Gasteiger partial charge in [0.1, 0.15) is 11.9 Å². The number of anilines is 1. The maximum atomic E-state index is 12.2. The highest BCUT2D eigenvalue weighted by Crippen LogP contribution is 2.42. The number of carbonyl (C=O) groups excluding carboxylic acids is 1. The molecule has 0 radical (unpaired) electrons. The Balaban J connectivity index is 1.74. The number of hydrogen-bond donors (Lipinski definition) is 2. The first-order valence-corrected chi connectivity index (χ1v) is 12.1. The Hall–Kier alpha value is -3.66. The van der Waals surface area contributed by atoms with Crippen LogP contribution in [0.15, 0.2) is 57.1 Å². The fraction of sp³-hybridized carbons (Fsp3) is 0.261. The lowest BCUT2D eigenvalue weighted by Crippen LogP contribution is -2.43. The molecule has 0 amide bonds. The van der Waals surface area contributed by atoms with Gasteiger partial charge in [-0.3, -0.25) is 20.1 Å². The van der Waals surface area contributed by atoms with Crippen molar-refractivity contribution < 1.29 is 17.9 Å². The summed E-state index contributed by atoms with van der Waals surface area (Å²) < 4.78 is 29.5. The summed E-state index contributed by atoms with van der Waals surface area (Å²) in [5.74, 6) is 0.950. The van der Waals surface area contributed by atoms with Crippen LogP contribution in [0.5, 0.6) is 5.75 Å². The van der Waals surface area contributed by atoms with Crippen LogP contribution in [0.3, 0.4) is 0 Å². The number of nitrogens with zero attached hydrogens (tertiary/aromatic N) is 3. The second-order valence-corrected chi connectivity index (χ2v) is 10.0. The lowest BCUT2D eigenvalue weighted by molar-refractivity contribution is -0.111. The highest BCUT2D eigenvalue weighted by atomic mass is 32.2. The van der Waals surface area contributed by atoms with Crippen molar-refractivity contribution in [1.82, 2.24) is 5.43 Å². The first kappa shape index (κ1) is 22.5. The zero-order valence-electron chi connectivity index (χ0n) is 18.8. The zero-order chi connectivity index (χ0) is 23.9.